The number of nitrogens with zero attached hydrogens (tertiary/aromatic N) is 5. The summed E-state index contributed by atoms with van der Waals surface area (Å²) < 4.78 is 38.3. The quantitative estimate of drug-likeness (QED) is 0.694. The minimum atomic E-state index is -3.54. The van der Waals surface area contributed by atoms with Crippen molar-refractivity contribution in [2.24, 2.45) is 0 Å². The fourth-order valence-electron chi connectivity index (χ4n) is 3.81. The zero-order chi connectivity index (χ0) is 21.1. The standard InChI is InChI=1S/C20H27N5O4S/c1-16-13-18(3-4-19(16)28-2)30(26,27)25-7-5-23(6-8-25)17-14-20(22-21-15-17)24-9-11-29-12-10-24/h3-4,13-15H,5-12H2,1-2H3. The molecule has 0 bridgehead atoms. The fraction of sp³-hybridized carbons (Fsp3) is 0.500. The summed E-state index contributed by atoms with van der Waals surface area (Å²) in [5.41, 5.74) is 1.76. The van der Waals surface area contributed by atoms with Gasteiger partial charge in [-0.3, -0.25) is 0 Å². The van der Waals surface area contributed by atoms with E-state index in [4.69, 9.17) is 9.47 Å². The molecule has 0 saturated carbocycles. The van der Waals surface area contributed by atoms with Crippen LogP contribution in [0.25, 0.3) is 0 Å². The Morgan fingerprint density at radius 2 is 1.73 bits per heavy atom. The van der Waals surface area contributed by atoms with Crippen molar-refractivity contribution in [3.05, 3.63) is 36.0 Å². The summed E-state index contributed by atoms with van der Waals surface area (Å²) in [7, 11) is -1.96. The van der Waals surface area contributed by atoms with E-state index in [1.54, 1.807) is 35.8 Å². The van der Waals surface area contributed by atoms with Gasteiger partial charge in [-0.05, 0) is 30.7 Å². The molecule has 9 nitrogen and oxygen atoms in total. The monoisotopic (exact) mass is 433 g/mol. The van der Waals surface area contributed by atoms with Gasteiger partial charge in [-0.25, -0.2) is 8.42 Å². The molecule has 2 fully saturated rings. The Morgan fingerprint density at radius 3 is 2.40 bits per heavy atom. The predicted molar refractivity (Wildman–Crippen MR) is 114 cm³/mol. The lowest BCUT2D eigenvalue weighted by atomic mass is 10.2. The van der Waals surface area contributed by atoms with E-state index in [2.05, 4.69) is 20.0 Å². The molecule has 2 aromatic rings. The van der Waals surface area contributed by atoms with Gasteiger partial charge in [0.25, 0.3) is 0 Å². The van der Waals surface area contributed by atoms with Gasteiger partial charge in [-0.2, -0.15) is 9.40 Å². The average Bonchev–Trinajstić information content (AvgIpc) is 2.80. The van der Waals surface area contributed by atoms with Crippen LogP contribution < -0.4 is 14.5 Å². The first-order chi connectivity index (χ1) is 14.5. The van der Waals surface area contributed by atoms with Crippen molar-refractivity contribution >= 4 is 21.5 Å². The molecule has 0 N–H and O–H groups in total. The summed E-state index contributed by atoms with van der Waals surface area (Å²) in [6.45, 7) is 6.85. The van der Waals surface area contributed by atoms with Gasteiger partial charge in [0.05, 0.1) is 37.1 Å². The van der Waals surface area contributed by atoms with Crippen molar-refractivity contribution in [2.75, 3.05) is 69.4 Å². The number of ether oxygens (including phenoxy) is 2. The van der Waals surface area contributed by atoms with Crippen LogP contribution in [0.1, 0.15) is 5.56 Å². The number of aromatic nitrogens is 2. The number of sulfonamides is 1. The molecule has 10 heteroatoms. The lowest BCUT2D eigenvalue weighted by Crippen LogP contribution is -2.48. The van der Waals surface area contributed by atoms with Gasteiger partial charge in [-0.15, -0.1) is 5.10 Å². The normalized spacial score (nSPS) is 18.5. The maximum absolute atomic E-state index is 13.1. The molecular formula is C20H27N5O4S. The zero-order valence-corrected chi connectivity index (χ0v) is 18.1. The molecule has 162 valence electrons. The molecule has 0 amide bonds. The molecule has 2 aliphatic heterocycles. The fourth-order valence-corrected chi connectivity index (χ4v) is 5.32. The second kappa shape index (κ2) is 8.75. The Hall–Kier alpha value is -2.43. The van der Waals surface area contributed by atoms with Crippen LogP contribution >= 0.6 is 0 Å². The molecule has 0 radical (unpaired) electrons. The smallest absolute Gasteiger partial charge is 0.243 e. The molecule has 1 aromatic heterocycles. The molecule has 2 saturated heterocycles. The Balaban J connectivity index is 1.44. The van der Waals surface area contributed by atoms with Gasteiger partial charge in [0.15, 0.2) is 5.82 Å². The van der Waals surface area contributed by atoms with Crippen LogP contribution in [-0.4, -0.2) is 82.5 Å². The maximum atomic E-state index is 13.1. The van der Waals surface area contributed by atoms with Crippen LogP contribution in [0.2, 0.25) is 0 Å². The second-order valence-electron chi connectivity index (χ2n) is 7.39. The average molecular weight is 434 g/mol. The third kappa shape index (κ3) is 4.21. The molecule has 30 heavy (non-hydrogen) atoms. The number of morpholine rings is 1. The summed E-state index contributed by atoms with van der Waals surface area (Å²) >= 11 is 0. The molecule has 4 rings (SSSR count). The van der Waals surface area contributed by atoms with Gasteiger partial charge < -0.3 is 19.3 Å². The summed E-state index contributed by atoms with van der Waals surface area (Å²) in [6, 6.07) is 7.00. The van der Waals surface area contributed by atoms with E-state index in [1.165, 1.54) is 0 Å². The number of methoxy groups -OCH3 is 1. The zero-order valence-electron chi connectivity index (χ0n) is 17.3. The number of rotatable bonds is 5. The summed E-state index contributed by atoms with van der Waals surface area (Å²) in [4.78, 5) is 4.62. The maximum Gasteiger partial charge on any atom is 0.243 e. The summed E-state index contributed by atoms with van der Waals surface area (Å²) in [6.07, 6.45) is 1.74. The molecule has 0 unspecified atom stereocenters. The van der Waals surface area contributed by atoms with E-state index in [1.807, 2.05) is 13.0 Å². The van der Waals surface area contributed by atoms with Crippen molar-refractivity contribution in [3.8, 4) is 5.75 Å². The van der Waals surface area contributed by atoms with Crippen molar-refractivity contribution in [2.45, 2.75) is 11.8 Å². The Kier molecular flexibility index (Phi) is 6.07. The minimum Gasteiger partial charge on any atom is -0.496 e. The summed E-state index contributed by atoms with van der Waals surface area (Å²) in [5, 5.41) is 8.41. The van der Waals surface area contributed by atoms with E-state index < -0.39 is 10.0 Å². The number of benzene rings is 1. The van der Waals surface area contributed by atoms with Crippen LogP contribution in [0.4, 0.5) is 11.5 Å². The van der Waals surface area contributed by atoms with E-state index >= 15 is 0 Å². The highest BCUT2D eigenvalue weighted by Crippen LogP contribution is 2.26. The Labute approximate surface area is 177 Å². The highest BCUT2D eigenvalue weighted by molar-refractivity contribution is 7.89. The summed E-state index contributed by atoms with van der Waals surface area (Å²) in [5.74, 6) is 1.51. The number of hydrogen-bond acceptors (Lipinski definition) is 8. The lowest BCUT2D eigenvalue weighted by molar-refractivity contribution is 0.122. The molecule has 2 aliphatic rings. The van der Waals surface area contributed by atoms with Gasteiger partial charge >= 0.3 is 0 Å². The third-order valence-electron chi connectivity index (χ3n) is 5.57. The van der Waals surface area contributed by atoms with Crippen molar-refractivity contribution < 1.29 is 17.9 Å². The van der Waals surface area contributed by atoms with E-state index in [9.17, 15) is 8.42 Å². The van der Waals surface area contributed by atoms with Crippen LogP contribution in [0, 0.1) is 6.92 Å². The highest BCUT2D eigenvalue weighted by Gasteiger charge is 2.29. The molecule has 3 heterocycles. The van der Waals surface area contributed by atoms with Crippen LogP contribution in [0.5, 0.6) is 5.75 Å². The lowest BCUT2D eigenvalue weighted by Gasteiger charge is -2.35. The third-order valence-corrected chi connectivity index (χ3v) is 7.46. The van der Waals surface area contributed by atoms with Gasteiger partial charge in [-0.1, -0.05) is 0 Å². The SMILES string of the molecule is COc1ccc(S(=O)(=O)N2CCN(c3cnnc(N4CCOCC4)c3)CC2)cc1C. The first kappa shape index (κ1) is 20.8. The predicted octanol–water partition coefficient (Wildman–Crippen LogP) is 1.14. The topological polar surface area (TPSA) is 88.1 Å². The Bertz CT molecular complexity index is 986. The number of anilines is 2. The highest BCUT2D eigenvalue weighted by atomic mass is 32.2. The molecular weight excluding hydrogens is 406 g/mol. The molecule has 0 atom stereocenters. The number of hydrogen-bond donors (Lipinski definition) is 0. The molecule has 0 aliphatic carbocycles. The van der Waals surface area contributed by atoms with Gasteiger partial charge in [0.2, 0.25) is 10.0 Å². The van der Waals surface area contributed by atoms with E-state index in [0.29, 0.717) is 50.0 Å². The molecule has 1 aromatic carbocycles. The van der Waals surface area contributed by atoms with E-state index in [0.717, 1.165) is 30.2 Å². The largest absolute Gasteiger partial charge is 0.496 e. The molecule has 0 spiro atoms. The first-order valence-electron chi connectivity index (χ1n) is 10.0. The number of aryl methyl sites for hydroxylation is 1. The van der Waals surface area contributed by atoms with Crippen molar-refractivity contribution in [3.63, 3.8) is 0 Å². The van der Waals surface area contributed by atoms with Gasteiger partial charge in [0.1, 0.15) is 5.75 Å². The second-order valence-corrected chi connectivity index (χ2v) is 9.33. The number of piperazine rings is 1. The van der Waals surface area contributed by atoms with Crippen LogP contribution in [0.15, 0.2) is 35.4 Å². The van der Waals surface area contributed by atoms with Gasteiger partial charge in [0, 0.05) is 45.3 Å². The van der Waals surface area contributed by atoms with Crippen LogP contribution in [0.3, 0.4) is 0 Å². The van der Waals surface area contributed by atoms with Crippen molar-refractivity contribution in [1.29, 1.82) is 0 Å². The van der Waals surface area contributed by atoms with Crippen LogP contribution in [-0.2, 0) is 14.8 Å². The van der Waals surface area contributed by atoms with E-state index in [-0.39, 0.29) is 0 Å². The Morgan fingerprint density at radius 1 is 1.00 bits per heavy atom. The first-order valence-corrected chi connectivity index (χ1v) is 11.5. The van der Waals surface area contributed by atoms with Crippen molar-refractivity contribution in [1.82, 2.24) is 14.5 Å². The minimum absolute atomic E-state index is 0.300.